The summed E-state index contributed by atoms with van der Waals surface area (Å²) in [4.78, 5) is 51.2. The van der Waals surface area contributed by atoms with E-state index < -0.39 is 45.3 Å². The summed E-state index contributed by atoms with van der Waals surface area (Å²) in [5.41, 5.74) is 5.43. The van der Waals surface area contributed by atoms with Crippen molar-refractivity contribution in [2.24, 2.45) is 0 Å². The molecule has 22 heteroatoms. The Bertz CT molecular complexity index is 3290. The van der Waals surface area contributed by atoms with Crippen LogP contribution >= 0.6 is 22.7 Å². The number of nitrogens with zero attached hydrogens (tertiary/aromatic N) is 6. The minimum absolute atomic E-state index is 0.157. The lowest BCUT2D eigenvalue weighted by atomic mass is 9.91. The molecule has 18 nitrogen and oxygen atoms in total. The van der Waals surface area contributed by atoms with E-state index in [0.717, 1.165) is 44.9 Å². The van der Waals surface area contributed by atoms with Crippen LogP contribution in [0.4, 0.5) is 38.8 Å². The molecule has 7 N–H and O–H groups in total. The van der Waals surface area contributed by atoms with Crippen molar-refractivity contribution in [1.82, 2.24) is 40.2 Å². The zero-order valence-corrected chi connectivity index (χ0v) is 44.4. The quantitative estimate of drug-likeness (QED) is 0.0364. The predicted octanol–water partition coefficient (Wildman–Crippen LogP) is 7.82. The minimum atomic E-state index is -3.83. The zero-order chi connectivity index (χ0) is 52.4. The average Bonchev–Trinajstić information content (AvgIpc) is 4.22. The third-order valence-electron chi connectivity index (χ3n) is 14.3. The summed E-state index contributed by atoms with van der Waals surface area (Å²) in [5, 5.41) is 26.9. The molecule has 2 atom stereocenters. The Morgan fingerprint density at radius 3 is 2.24 bits per heavy atom. The van der Waals surface area contributed by atoms with E-state index >= 15 is 4.39 Å². The number of alkyl halides is 1. The number of sulfonamides is 1. The van der Waals surface area contributed by atoms with E-state index in [0.29, 0.717) is 93.5 Å². The van der Waals surface area contributed by atoms with E-state index in [-0.39, 0.29) is 22.4 Å². The van der Waals surface area contributed by atoms with Crippen LogP contribution in [-0.4, -0.2) is 132 Å². The van der Waals surface area contributed by atoms with Crippen LogP contribution in [0.15, 0.2) is 107 Å². The summed E-state index contributed by atoms with van der Waals surface area (Å²) in [6, 6.07) is 23.4. The number of fused-ring (bicyclic) bond motifs is 4. The molecule has 3 fully saturated rings. The van der Waals surface area contributed by atoms with Gasteiger partial charge in [0, 0.05) is 85.7 Å². The predicted molar refractivity (Wildman–Crippen MR) is 293 cm³/mol. The number of carbonyl (C=O) groups excluding carboxylic acids is 2. The number of carbonyl (C=O) groups is 2. The second-order valence-corrected chi connectivity index (χ2v) is 23.8. The highest BCUT2D eigenvalue weighted by atomic mass is 32.2. The van der Waals surface area contributed by atoms with Gasteiger partial charge in [0.25, 0.3) is 11.8 Å². The molecular formula is C53H61FN12O6S3. The lowest BCUT2D eigenvalue weighted by Crippen LogP contribution is -2.44. The lowest BCUT2D eigenvalue weighted by Gasteiger charge is -2.32. The molecule has 1 aliphatic heterocycles. The molecule has 10 rings (SSSR count). The SMILES string of the molecule is CC(CN(c1ccc2ncsc2c1)c1cc(NC23CCC(NS(=O)(=O)c4ccccc4)(CC2)C3)c(C(=O)NC[C@@H](F)C(C)(C)O)cn1)Nc1cc(Nc2ccc3ncsc3c2)ncc1C(=O)NCCN1CCOCC1. The largest absolute Gasteiger partial charge is 0.387 e. The van der Waals surface area contributed by atoms with Crippen molar-refractivity contribution in [2.45, 2.75) is 86.7 Å². The smallest absolute Gasteiger partial charge is 0.255 e. The monoisotopic (exact) mass is 1080 g/mol. The number of rotatable bonds is 21. The van der Waals surface area contributed by atoms with Crippen LogP contribution in [0.25, 0.3) is 20.4 Å². The first-order valence-electron chi connectivity index (χ1n) is 25.1. The third kappa shape index (κ3) is 12.0. The van der Waals surface area contributed by atoms with Crippen LogP contribution in [0.3, 0.4) is 0 Å². The number of pyridine rings is 2. The van der Waals surface area contributed by atoms with Gasteiger partial charge in [0.1, 0.15) is 17.8 Å². The van der Waals surface area contributed by atoms with Gasteiger partial charge in [0.15, 0.2) is 0 Å². The number of hydrogen-bond donors (Lipinski definition) is 7. The van der Waals surface area contributed by atoms with Gasteiger partial charge in [-0.2, -0.15) is 0 Å². The Morgan fingerprint density at radius 2 is 1.51 bits per heavy atom. The number of nitrogens with one attached hydrogen (secondary N) is 6. The molecule has 5 heterocycles. The Morgan fingerprint density at radius 1 is 0.840 bits per heavy atom. The number of benzene rings is 3. The summed E-state index contributed by atoms with van der Waals surface area (Å²) < 4.78 is 53.0. The summed E-state index contributed by atoms with van der Waals surface area (Å²) >= 11 is 3.04. The molecule has 2 bridgehead atoms. The van der Waals surface area contributed by atoms with Crippen molar-refractivity contribution >= 4 is 99.3 Å². The fourth-order valence-corrected chi connectivity index (χ4v) is 13.1. The van der Waals surface area contributed by atoms with Gasteiger partial charge in [-0.25, -0.2) is 37.5 Å². The van der Waals surface area contributed by atoms with Crippen molar-refractivity contribution in [1.29, 1.82) is 0 Å². The average molecular weight is 1080 g/mol. The highest BCUT2D eigenvalue weighted by Crippen LogP contribution is 2.53. The standard InChI is InChI=1S/C53H61FN12O6S3/c1-34(61-42-25-47(62-35-9-11-40-44(23-35)73-32-59-40)56-27-38(42)49(67)55-17-18-65-19-21-72-22-20-65)30-66(36-10-12-41-45(24-36)74-33-60-41)48-26-43(39(28-57-48)50(68)58-29-46(54)51(2,3)69)63-52-13-15-53(31-52,16-14-52)64-75(70,71)37-7-5-4-6-8-37/h4-12,23-28,32-34,46,64,69H,13-22,29-31H2,1-3H3,(H,55,67)(H,57,63)(H,58,68)(H2,56,61,62)/t34?,46-,52?,53?/m1/s1. The minimum Gasteiger partial charge on any atom is -0.387 e. The van der Waals surface area contributed by atoms with Crippen molar-refractivity contribution in [3.63, 3.8) is 0 Å². The highest BCUT2D eigenvalue weighted by Gasteiger charge is 2.56. The van der Waals surface area contributed by atoms with Crippen molar-refractivity contribution in [2.75, 3.05) is 73.3 Å². The molecule has 2 saturated carbocycles. The molecule has 2 amide bonds. The number of ether oxygens (including phenoxy) is 1. The molecule has 1 unspecified atom stereocenters. The van der Waals surface area contributed by atoms with Crippen LogP contribution < -0.4 is 36.2 Å². The second kappa shape index (κ2) is 21.7. The Balaban J connectivity index is 0.965. The molecule has 0 spiro atoms. The zero-order valence-electron chi connectivity index (χ0n) is 41.9. The number of hydrogen-bond acceptors (Lipinski definition) is 17. The summed E-state index contributed by atoms with van der Waals surface area (Å²) in [6.45, 7) is 8.59. The van der Waals surface area contributed by atoms with Gasteiger partial charge in [0.05, 0.1) is 84.2 Å². The number of aliphatic hydroxyl groups is 1. The van der Waals surface area contributed by atoms with E-state index in [9.17, 15) is 23.1 Å². The van der Waals surface area contributed by atoms with Crippen LogP contribution in [0.5, 0.6) is 0 Å². The van der Waals surface area contributed by atoms with Crippen LogP contribution in [0, 0.1) is 0 Å². The van der Waals surface area contributed by atoms with Crippen molar-refractivity contribution in [3.8, 4) is 0 Å². The van der Waals surface area contributed by atoms with Crippen LogP contribution in [-0.2, 0) is 14.8 Å². The van der Waals surface area contributed by atoms with E-state index in [1.54, 1.807) is 58.9 Å². The number of anilines is 6. The molecule has 75 heavy (non-hydrogen) atoms. The summed E-state index contributed by atoms with van der Waals surface area (Å²) in [7, 11) is -3.83. The maximum atomic E-state index is 15.1. The molecule has 394 valence electrons. The lowest BCUT2D eigenvalue weighted by molar-refractivity contribution is -0.00178. The Labute approximate surface area is 443 Å². The van der Waals surface area contributed by atoms with E-state index in [1.807, 2.05) is 60.4 Å². The summed E-state index contributed by atoms with van der Waals surface area (Å²) in [6.07, 6.45) is 4.15. The van der Waals surface area contributed by atoms with E-state index in [2.05, 4.69) is 51.2 Å². The van der Waals surface area contributed by atoms with E-state index in [1.165, 1.54) is 31.4 Å². The maximum absolute atomic E-state index is 15.1. The topological polar surface area (TPSA) is 228 Å². The van der Waals surface area contributed by atoms with Gasteiger partial charge in [-0.1, -0.05) is 18.2 Å². The molecule has 2 aliphatic carbocycles. The number of amides is 2. The number of halogens is 1. The normalized spacial score (nSPS) is 19.7. The van der Waals surface area contributed by atoms with Crippen LogP contribution in [0.2, 0.25) is 0 Å². The first kappa shape index (κ1) is 52.1. The number of morpholine rings is 1. The first-order chi connectivity index (χ1) is 36.0. The Hall–Kier alpha value is -6.40. The second-order valence-electron chi connectivity index (χ2n) is 20.3. The van der Waals surface area contributed by atoms with Gasteiger partial charge in [-0.15, -0.1) is 22.7 Å². The van der Waals surface area contributed by atoms with Crippen LogP contribution in [0.1, 0.15) is 73.6 Å². The number of thiazole rings is 2. The highest BCUT2D eigenvalue weighted by molar-refractivity contribution is 7.89. The third-order valence-corrected chi connectivity index (χ3v) is 17.5. The maximum Gasteiger partial charge on any atom is 0.255 e. The first-order valence-corrected chi connectivity index (χ1v) is 28.3. The molecule has 3 aliphatic rings. The van der Waals surface area contributed by atoms with Gasteiger partial charge >= 0.3 is 0 Å². The number of aromatic nitrogens is 4. The molecule has 7 aromatic rings. The molecule has 4 aromatic heterocycles. The fraction of sp³-hybridized carbons (Fsp3) is 0.396. The Kier molecular flexibility index (Phi) is 15.0. The molecular weight excluding hydrogens is 1020 g/mol. The van der Waals surface area contributed by atoms with Gasteiger partial charge in [0.2, 0.25) is 10.0 Å². The van der Waals surface area contributed by atoms with Crippen molar-refractivity contribution in [3.05, 3.63) is 113 Å². The molecule has 1 saturated heterocycles. The van der Waals surface area contributed by atoms with Gasteiger partial charge < -0.3 is 41.3 Å². The van der Waals surface area contributed by atoms with Crippen molar-refractivity contribution < 1.29 is 32.2 Å². The molecule has 3 aromatic carbocycles. The fourth-order valence-electron chi connectivity index (χ4n) is 10.2. The van der Waals surface area contributed by atoms with Gasteiger partial charge in [-0.3, -0.25) is 14.5 Å². The summed E-state index contributed by atoms with van der Waals surface area (Å²) in [5.74, 6) is 0.128. The van der Waals surface area contributed by atoms with E-state index in [4.69, 9.17) is 9.72 Å². The molecule has 0 radical (unpaired) electrons. The van der Waals surface area contributed by atoms with Gasteiger partial charge in [-0.05, 0) is 101 Å².